The lowest BCUT2D eigenvalue weighted by atomic mass is 10.1. The normalized spacial score (nSPS) is 10.8. The zero-order valence-electron chi connectivity index (χ0n) is 13.8. The summed E-state index contributed by atoms with van der Waals surface area (Å²) in [5.41, 5.74) is 0.377. The summed E-state index contributed by atoms with van der Waals surface area (Å²) >= 11 is 12.0. The van der Waals surface area contributed by atoms with Crippen LogP contribution in [0.4, 0.5) is 5.69 Å². The van der Waals surface area contributed by atoms with Gasteiger partial charge in [0.2, 0.25) is 0 Å². The van der Waals surface area contributed by atoms with Gasteiger partial charge in [0.05, 0.1) is 15.5 Å². The van der Waals surface area contributed by atoms with Crippen LogP contribution >= 0.6 is 23.2 Å². The van der Waals surface area contributed by atoms with Crippen molar-refractivity contribution in [3.8, 4) is 0 Å². The Morgan fingerprint density at radius 2 is 1.93 bits per heavy atom. The van der Waals surface area contributed by atoms with Gasteiger partial charge in [-0.05, 0) is 30.7 Å². The molecule has 27 heavy (non-hydrogen) atoms. The van der Waals surface area contributed by atoms with E-state index in [9.17, 15) is 19.7 Å². The quantitative estimate of drug-likeness (QED) is 0.269. The summed E-state index contributed by atoms with van der Waals surface area (Å²) in [6.45, 7) is 1.50. The summed E-state index contributed by atoms with van der Waals surface area (Å²) in [4.78, 5) is 34.3. The van der Waals surface area contributed by atoms with Crippen LogP contribution in [0.15, 0.2) is 45.6 Å². The Bertz CT molecular complexity index is 1140. The lowest BCUT2D eigenvalue weighted by molar-refractivity contribution is -0.384. The number of benzene rings is 2. The maximum Gasteiger partial charge on any atom is 0.340 e. The standard InChI is InChI=1S/C18H11Cl2NO6/c1-9-4-16-12(7-15(9)20)10(5-17(22)27-16)8-26-18(23)13-6-11(21(24)25)2-3-14(13)19/h2-7H,8H2,1H3. The largest absolute Gasteiger partial charge is 0.457 e. The van der Waals surface area contributed by atoms with Crippen molar-refractivity contribution < 1.29 is 18.9 Å². The second-order valence-electron chi connectivity index (χ2n) is 5.69. The summed E-state index contributed by atoms with van der Waals surface area (Å²) in [5, 5.41) is 11.9. The fourth-order valence-electron chi connectivity index (χ4n) is 2.47. The van der Waals surface area contributed by atoms with Gasteiger partial charge in [0.25, 0.3) is 5.69 Å². The molecule has 0 saturated heterocycles. The minimum atomic E-state index is -0.858. The number of halogens is 2. The Labute approximate surface area is 162 Å². The molecule has 0 spiro atoms. The number of nitrogens with zero attached hydrogens (tertiary/aromatic N) is 1. The van der Waals surface area contributed by atoms with Crippen molar-refractivity contribution >= 4 is 45.8 Å². The van der Waals surface area contributed by atoms with Gasteiger partial charge in [-0.2, -0.15) is 0 Å². The molecule has 0 fully saturated rings. The number of rotatable bonds is 4. The van der Waals surface area contributed by atoms with Crippen molar-refractivity contribution in [3.63, 3.8) is 0 Å². The van der Waals surface area contributed by atoms with Crippen molar-refractivity contribution in [3.05, 3.63) is 83.7 Å². The SMILES string of the molecule is Cc1cc2oc(=O)cc(COC(=O)c3cc([N+](=O)[O-])ccc3Cl)c2cc1Cl. The first-order valence-electron chi connectivity index (χ1n) is 7.60. The zero-order chi connectivity index (χ0) is 19.7. The van der Waals surface area contributed by atoms with Gasteiger partial charge < -0.3 is 9.15 Å². The van der Waals surface area contributed by atoms with Gasteiger partial charge in [0.15, 0.2) is 0 Å². The molecule has 1 heterocycles. The van der Waals surface area contributed by atoms with E-state index in [0.717, 1.165) is 11.6 Å². The van der Waals surface area contributed by atoms with Crippen LogP contribution in [-0.4, -0.2) is 10.9 Å². The Kier molecular flexibility index (Phi) is 5.16. The summed E-state index contributed by atoms with van der Waals surface area (Å²) in [7, 11) is 0. The zero-order valence-corrected chi connectivity index (χ0v) is 15.3. The maximum atomic E-state index is 12.3. The smallest absolute Gasteiger partial charge is 0.340 e. The van der Waals surface area contributed by atoms with E-state index in [0.29, 0.717) is 21.6 Å². The summed E-state index contributed by atoms with van der Waals surface area (Å²) < 4.78 is 10.3. The van der Waals surface area contributed by atoms with E-state index in [-0.39, 0.29) is 22.9 Å². The van der Waals surface area contributed by atoms with E-state index in [1.165, 1.54) is 18.2 Å². The van der Waals surface area contributed by atoms with Gasteiger partial charge in [-0.15, -0.1) is 0 Å². The van der Waals surface area contributed by atoms with Crippen molar-refractivity contribution in [1.29, 1.82) is 0 Å². The van der Waals surface area contributed by atoms with Crippen molar-refractivity contribution in [2.75, 3.05) is 0 Å². The topological polar surface area (TPSA) is 99.7 Å². The van der Waals surface area contributed by atoms with E-state index in [4.69, 9.17) is 32.4 Å². The first kappa shape index (κ1) is 18.9. The molecule has 138 valence electrons. The lowest BCUT2D eigenvalue weighted by Crippen LogP contribution is -2.09. The molecule has 0 radical (unpaired) electrons. The molecule has 0 aliphatic carbocycles. The molecule has 3 aromatic rings. The van der Waals surface area contributed by atoms with E-state index < -0.39 is 16.5 Å². The third-order valence-electron chi connectivity index (χ3n) is 3.85. The number of carbonyl (C=O) groups excluding carboxylic acids is 1. The predicted molar refractivity (Wildman–Crippen MR) is 99.5 cm³/mol. The first-order valence-corrected chi connectivity index (χ1v) is 8.36. The molecule has 9 heteroatoms. The third-order valence-corrected chi connectivity index (χ3v) is 4.59. The average molecular weight is 408 g/mol. The van der Waals surface area contributed by atoms with Crippen molar-refractivity contribution in [2.24, 2.45) is 0 Å². The van der Waals surface area contributed by atoms with Crippen molar-refractivity contribution in [1.82, 2.24) is 0 Å². The molecule has 3 rings (SSSR count). The molecule has 0 amide bonds. The fourth-order valence-corrected chi connectivity index (χ4v) is 2.83. The Hall–Kier alpha value is -2.90. The van der Waals surface area contributed by atoms with Crippen LogP contribution < -0.4 is 5.63 Å². The number of hydrogen-bond donors (Lipinski definition) is 0. The predicted octanol–water partition coefficient (Wildman–Crippen LogP) is 4.67. The number of fused-ring (bicyclic) bond motifs is 1. The number of aryl methyl sites for hydroxylation is 1. The van der Waals surface area contributed by atoms with Crippen LogP contribution in [0.5, 0.6) is 0 Å². The number of nitro benzene ring substituents is 1. The van der Waals surface area contributed by atoms with Gasteiger partial charge in [-0.3, -0.25) is 10.1 Å². The molecule has 0 atom stereocenters. The molecule has 0 aliphatic rings. The Morgan fingerprint density at radius 3 is 2.63 bits per heavy atom. The summed E-state index contributed by atoms with van der Waals surface area (Å²) in [5.74, 6) is -0.858. The minimum absolute atomic E-state index is 0.0155. The number of ether oxygens (including phenoxy) is 1. The number of hydrogen-bond acceptors (Lipinski definition) is 6. The summed E-state index contributed by atoms with van der Waals surface area (Å²) in [6.07, 6.45) is 0. The lowest BCUT2D eigenvalue weighted by Gasteiger charge is -2.09. The van der Waals surface area contributed by atoms with E-state index in [1.54, 1.807) is 19.1 Å². The Balaban J connectivity index is 1.92. The molecule has 0 unspecified atom stereocenters. The van der Waals surface area contributed by atoms with Crippen LogP contribution in [-0.2, 0) is 11.3 Å². The molecule has 0 aliphatic heterocycles. The number of nitro groups is 1. The molecular formula is C18H11Cl2NO6. The molecule has 1 aromatic heterocycles. The highest BCUT2D eigenvalue weighted by atomic mass is 35.5. The molecule has 0 N–H and O–H groups in total. The second kappa shape index (κ2) is 7.38. The number of non-ortho nitro benzene ring substituents is 1. The van der Waals surface area contributed by atoms with Gasteiger partial charge in [-0.1, -0.05) is 23.2 Å². The average Bonchev–Trinajstić information content (AvgIpc) is 2.61. The minimum Gasteiger partial charge on any atom is -0.457 e. The van der Waals surface area contributed by atoms with E-state index >= 15 is 0 Å². The van der Waals surface area contributed by atoms with Crippen LogP contribution in [0.2, 0.25) is 10.0 Å². The fraction of sp³-hybridized carbons (Fsp3) is 0.111. The molecule has 0 saturated carbocycles. The number of esters is 1. The Morgan fingerprint density at radius 1 is 1.19 bits per heavy atom. The molecule has 7 nitrogen and oxygen atoms in total. The molecule has 2 aromatic carbocycles. The van der Waals surface area contributed by atoms with Crippen molar-refractivity contribution in [2.45, 2.75) is 13.5 Å². The highest BCUT2D eigenvalue weighted by Gasteiger charge is 2.18. The first-order chi connectivity index (χ1) is 12.8. The highest BCUT2D eigenvalue weighted by Crippen LogP contribution is 2.27. The third kappa shape index (κ3) is 3.94. The van der Waals surface area contributed by atoms with E-state index in [1.807, 2.05) is 0 Å². The van der Waals surface area contributed by atoms with Crippen LogP contribution in [0.25, 0.3) is 11.0 Å². The van der Waals surface area contributed by atoms with E-state index in [2.05, 4.69) is 0 Å². The monoisotopic (exact) mass is 407 g/mol. The summed E-state index contributed by atoms with van der Waals surface area (Å²) in [6, 6.07) is 7.86. The maximum absolute atomic E-state index is 12.3. The number of carbonyl (C=O) groups is 1. The van der Waals surface area contributed by atoms with Crippen LogP contribution in [0, 0.1) is 17.0 Å². The van der Waals surface area contributed by atoms with Crippen LogP contribution in [0.1, 0.15) is 21.5 Å². The van der Waals surface area contributed by atoms with Gasteiger partial charge >= 0.3 is 11.6 Å². The van der Waals surface area contributed by atoms with Gasteiger partial charge in [-0.25, -0.2) is 9.59 Å². The van der Waals surface area contributed by atoms with Crippen LogP contribution in [0.3, 0.4) is 0 Å². The molecule has 0 bridgehead atoms. The van der Waals surface area contributed by atoms with Gasteiger partial charge in [0.1, 0.15) is 12.2 Å². The van der Waals surface area contributed by atoms with Gasteiger partial charge in [0, 0.05) is 34.2 Å². The molecular weight excluding hydrogens is 397 g/mol. The highest BCUT2D eigenvalue weighted by molar-refractivity contribution is 6.33. The second-order valence-corrected chi connectivity index (χ2v) is 6.50.